The molecule has 2 unspecified atom stereocenters. The van der Waals surface area contributed by atoms with E-state index >= 15 is 0 Å². The van der Waals surface area contributed by atoms with Gasteiger partial charge in [-0.15, -0.1) is 24.0 Å². The average Bonchev–Trinajstić information content (AvgIpc) is 3.21. The molecule has 7 nitrogen and oxygen atoms in total. The second-order valence-corrected chi connectivity index (χ2v) is 8.60. The van der Waals surface area contributed by atoms with Crippen LogP contribution in [0.15, 0.2) is 29.3 Å². The predicted octanol–water partition coefficient (Wildman–Crippen LogP) is 2.41. The van der Waals surface area contributed by atoms with Crippen LogP contribution in [0.4, 0.5) is 0 Å². The first-order valence-corrected chi connectivity index (χ1v) is 11.1. The highest BCUT2D eigenvalue weighted by atomic mass is 127. The number of nitrogens with zero attached hydrogens (tertiary/aromatic N) is 3. The molecule has 1 amide bonds. The van der Waals surface area contributed by atoms with Crippen molar-refractivity contribution in [3.8, 4) is 0 Å². The molecule has 8 heteroatoms. The zero-order valence-electron chi connectivity index (χ0n) is 19.3. The van der Waals surface area contributed by atoms with Crippen molar-refractivity contribution >= 4 is 35.8 Å². The topological polar surface area (TPSA) is 69.2 Å². The third-order valence-corrected chi connectivity index (χ3v) is 5.93. The smallest absolute Gasteiger partial charge is 0.225 e. The Morgan fingerprint density at radius 1 is 1.26 bits per heavy atom. The van der Waals surface area contributed by atoms with Crippen LogP contribution in [0.5, 0.6) is 0 Å². The van der Waals surface area contributed by atoms with Gasteiger partial charge in [-0.05, 0) is 18.9 Å². The molecule has 0 spiro atoms. The molecular formula is C23H38IN5O2. The Balaban J connectivity index is 0.00000341. The molecule has 2 aliphatic rings. The van der Waals surface area contributed by atoms with Gasteiger partial charge in [-0.2, -0.15) is 0 Å². The number of morpholine rings is 1. The van der Waals surface area contributed by atoms with Crippen molar-refractivity contribution in [2.75, 3.05) is 53.0 Å². The van der Waals surface area contributed by atoms with Crippen molar-refractivity contribution in [1.29, 1.82) is 0 Å². The number of hydrogen-bond acceptors (Lipinski definition) is 4. The molecule has 0 aromatic heterocycles. The first kappa shape index (κ1) is 25.9. The molecule has 2 heterocycles. The van der Waals surface area contributed by atoms with Crippen LogP contribution in [0.1, 0.15) is 37.4 Å². The van der Waals surface area contributed by atoms with Crippen molar-refractivity contribution < 1.29 is 9.53 Å². The lowest BCUT2D eigenvalue weighted by Gasteiger charge is -2.35. The van der Waals surface area contributed by atoms with E-state index in [1.165, 1.54) is 11.1 Å². The zero-order chi connectivity index (χ0) is 21.5. The van der Waals surface area contributed by atoms with Gasteiger partial charge in [0.1, 0.15) is 0 Å². The molecule has 2 aliphatic heterocycles. The second kappa shape index (κ2) is 12.6. The molecule has 31 heavy (non-hydrogen) atoms. The molecule has 3 rings (SSSR count). The number of carbonyl (C=O) groups is 1. The quantitative estimate of drug-likeness (QED) is 0.328. The molecule has 174 valence electrons. The van der Waals surface area contributed by atoms with Crippen molar-refractivity contribution in [3.63, 3.8) is 0 Å². The number of guanidine groups is 1. The van der Waals surface area contributed by atoms with E-state index in [0.717, 1.165) is 58.3 Å². The standard InChI is InChI=1S/C23H37N5O2.HI/c1-17(2)22(29)28-9-8-20(16-28)26-23(24-4)25-15-21(27-10-12-30-13-11-27)19-7-5-6-18(3)14-19;/h5-7,14,17,20-21H,8-13,15-16H2,1-4H3,(H2,24,25,26);1H. The Morgan fingerprint density at radius 2 is 2.00 bits per heavy atom. The van der Waals surface area contributed by atoms with Crippen LogP contribution in [-0.2, 0) is 9.53 Å². The minimum Gasteiger partial charge on any atom is -0.379 e. The van der Waals surface area contributed by atoms with Gasteiger partial charge in [-0.25, -0.2) is 0 Å². The highest BCUT2D eigenvalue weighted by Crippen LogP contribution is 2.22. The molecular weight excluding hydrogens is 505 g/mol. The average molecular weight is 543 g/mol. The van der Waals surface area contributed by atoms with E-state index in [0.29, 0.717) is 0 Å². The Labute approximate surface area is 204 Å². The number of halogens is 1. The summed E-state index contributed by atoms with van der Waals surface area (Å²) in [6.07, 6.45) is 0.948. The number of hydrogen-bond donors (Lipinski definition) is 2. The summed E-state index contributed by atoms with van der Waals surface area (Å²) >= 11 is 0. The summed E-state index contributed by atoms with van der Waals surface area (Å²) in [5.41, 5.74) is 2.59. The van der Waals surface area contributed by atoms with Gasteiger partial charge >= 0.3 is 0 Å². The van der Waals surface area contributed by atoms with E-state index in [1.54, 1.807) is 7.05 Å². The van der Waals surface area contributed by atoms with Crippen molar-refractivity contribution in [1.82, 2.24) is 20.4 Å². The van der Waals surface area contributed by atoms with Gasteiger partial charge in [0.15, 0.2) is 5.96 Å². The molecule has 0 aliphatic carbocycles. The second-order valence-electron chi connectivity index (χ2n) is 8.60. The first-order valence-electron chi connectivity index (χ1n) is 11.1. The van der Waals surface area contributed by atoms with E-state index in [9.17, 15) is 4.79 Å². The number of rotatable bonds is 6. The number of amides is 1. The van der Waals surface area contributed by atoms with Gasteiger partial charge in [0.2, 0.25) is 5.91 Å². The lowest BCUT2D eigenvalue weighted by atomic mass is 10.0. The molecule has 2 N–H and O–H groups in total. The molecule has 0 saturated carbocycles. The number of likely N-dealkylation sites (tertiary alicyclic amines) is 1. The fourth-order valence-electron chi connectivity index (χ4n) is 4.25. The minimum atomic E-state index is 0. The summed E-state index contributed by atoms with van der Waals surface area (Å²) in [4.78, 5) is 21.1. The highest BCUT2D eigenvalue weighted by Gasteiger charge is 2.28. The molecule has 1 aromatic rings. The van der Waals surface area contributed by atoms with Gasteiger partial charge in [-0.3, -0.25) is 14.7 Å². The van der Waals surface area contributed by atoms with E-state index in [1.807, 2.05) is 18.7 Å². The summed E-state index contributed by atoms with van der Waals surface area (Å²) in [6.45, 7) is 11.8. The SMILES string of the molecule is CN=C(NCC(c1cccc(C)c1)N1CCOCC1)NC1CCN(C(=O)C(C)C)C1.I. The van der Waals surface area contributed by atoms with Gasteiger partial charge < -0.3 is 20.3 Å². The lowest BCUT2D eigenvalue weighted by molar-refractivity contribution is -0.133. The number of carbonyl (C=O) groups excluding carboxylic acids is 1. The molecule has 0 bridgehead atoms. The predicted molar refractivity (Wildman–Crippen MR) is 136 cm³/mol. The third kappa shape index (κ3) is 7.32. The van der Waals surface area contributed by atoms with Gasteiger partial charge in [0.05, 0.1) is 19.3 Å². The molecule has 2 atom stereocenters. The fraction of sp³-hybridized carbons (Fsp3) is 0.652. The summed E-state index contributed by atoms with van der Waals surface area (Å²) in [6, 6.07) is 9.23. The molecule has 1 aromatic carbocycles. The Bertz CT molecular complexity index is 736. The van der Waals surface area contributed by atoms with Crippen LogP contribution in [0.25, 0.3) is 0 Å². The van der Waals surface area contributed by atoms with Crippen LogP contribution < -0.4 is 10.6 Å². The summed E-state index contributed by atoms with van der Waals surface area (Å²) < 4.78 is 5.56. The van der Waals surface area contributed by atoms with Crippen LogP contribution >= 0.6 is 24.0 Å². The van der Waals surface area contributed by atoms with E-state index < -0.39 is 0 Å². The lowest BCUT2D eigenvalue weighted by Crippen LogP contribution is -2.49. The van der Waals surface area contributed by atoms with E-state index in [4.69, 9.17) is 4.74 Å². The summed E-state index contributed by atoms with van der Waals surface area (Å²) in [7, 11) is 1.80. The highest BCUT2D eigenvalue weighted by molar-refractivity contribution is 14.0. The maximum Gasteiger partial charge on any atom is 0.225 e. The first-order chi connectivity index (χ1) is 14.5. The number of aryl methyl sites for hydroxylation is 1. The van der Waals surface area contributed by atoms with Crippen LogP contribution in [0, 0.1) is 12.8 Å². The largest absolute Gasteiger partial charge is 0.379 e. The maximum absolute atomic E-state index is 12.3. The Morgan fingerprint density at radius 3 is 2.65 bits per heavy atom. The van der Waals surface area contributed by atoms with Crippen LogP contribution in [0.2, 0.25) is 0 Å². The minimum absolute atomic E-state index is 0. The van der Waals surface area contributed by atoms with E-state index in [2.05, 4.69) is 51.7 Å². The summed E-state index contributed by atoms with van der Waals surface area (Å²) in [5, 5.41) is 7.04. The molecule has 0 radical (unpaired) electrons. The number of aliphatic imine (C=N–C) groups is 1. The Hall–Kier alpha value is -1.39. The van der Waals surface area contributed by atoms with Crippen LogP contribution in [-0.4, -0.2) is 80.7 Å². The van der Waals surface area contributed by atoms with Crippen molar-refractivity contribution in [2.24, 2.45) is 10.9 Å². The number of benzene rings is 1. The van der Waals surface area contributed by atoms with Crippen LogP contribution in [0.3, 0.4) is 0 Å². The van der Waals surface area contributed by atoms with Gasteiger partial charge in [0.25, 0.3) is 0 Å². The zero-order valence-corrected chi connectivity index (χ0v) is 21.6. The number of ether oxygens (including phenoxy) is 1. The van der Waals surface area contributed by atoms with Gasteiger partial charge in [-0.1, -0.05) is 43.7 Å². The molecule has 2 saturated heterocycles. The monoisotopic (exact) mass is 543 g/mol. The summed E-state index contributed by atoms with van der Waals surface area (Å²) in [5.74, 6) is 1.07. The number of nitrogens with one attached hydrogen (secondary N) is 2. The van der Waals surface area contributed by atoms with E-state index in [-0.39, 0.29) is 47.9 Å². The Kier molecular flexibility index (Phi) is 10.5. The van der Waals surface area contributed by atoms with Gasteiger partial charge in [0, 0.05) is 51.7 Å². The van der Waals surface area contributed by atoms with Crippen molar-refractivity contribution in [3.05, 3.63) is 35.4 Å². The maximum atomic E-state index is 12.3. The fourth-order valence-corrected chi connectivity index (χ4v) is 4.25. The third-order valence-electron chi connectivity index (χ3n) is 5.93. The van der Waals surface area contributed by atoms with Crippen molar-refractivity contribution in [2.45, 2.75) is 39.3 Å². The molecule has 2 fully saturated rings. The normalized spacial score (nSPS) is 21.0.